The fraction of sp³-hybridized carbons (Fsp3) is 0.154. The lowest BCUT2D eigenvalue weighted by molar-refractivity contribution is 0.262. The van der Waals surface area contributed by atoms with Crippen molar-refractivity contribution in [3.8, 4) is 34.5 Å². The van der Waals surface area contributed by atoms with E-state index in [4.69, 9.17) is 35.3 Å². The van der Waals surface area contributed by atoms with Crippen molar-refractivity contribution in [3.05, 3.63) is 65.8 Å². The molecule has 0 saturated carbocycles. The zero-order valence-corrected chi connectivity index (χ0v) is 20.8. The highest BCUT2D eigenvalue weighted by atomic mass is 35.5. The second kappa shape index (κ2) is 10.9. The highest BCUT2D eigenvalue weighted by Gasteiger charge is 2.14. The Labute approximate surface area is 212 Å². The van der Waals surface area contributed by atoms with Crippen molar-refractivity contribution < 1.29 is 28.5 Å². The van der Waals surface area contributed by atoms with Gasteiger partial charge in [0, 0.05) is 29.4 Å². The highest BCUT2D eigenvalue weighted by molar-refractivity contribution is 6.32. The Bertz CT molecular complexity index is 1400. The van der Waals surface area contributed by atoms with E-state index in [9.17, 15) is 4.79 Å². The number of amides is 2. The SMILES string of the molecule is COc1cc(OC)c(NC(=O)Nc2ccc(Oc3ccnc4cc(OC)c(OC)cc34)cc2)cc1Cl. The molecule has 9 nitrogen and oxygen atoms in total. The molecule has 186 valence electrons. The molecule has 0 fully saturated rings. The number of anilines is 2. The number of urea groups is 1. The molecule has 4 rings (SSSR count). The lowest BCUT2D eigenvalue weighted by atomic mass is 10.2. The maximum Gasteiger partial charge on any atom is 0.323 e. The number of fused-ring (bicyclic) bond motifs is 1. The van der Waals surface area contributed by atoms with E-state index in [2.05, 4.69) is 15.6 Å². The third-order valence-electron chi connectivity index (χ3n) is 5.27. The Morgan fingerprint density at radius 2 is 1.42 bits per heavy atom. The van der Waals surface area contributed by atoms with E-state index in [1.807, 2.05) is 6.07 Å². The molecule has 0 aliphatic carbocycles. The fourth-order valence-electron chi connectivity index (χ4n) is 3.51. The number of methoxy groups -OCH3 is 4. The quantitative estimate of drug-likeness (QED) is 0.285. The van der Waals surface area contributed by atoms with E-state index in [-0.39, 0.29) is 0 Å². The number of carbonyl (C=O) groups is 1. The number of halogens is 1. The molecule has 36 heavy (non-hydrogen) atoms. The first-order valence-corrected chi connectivity index (χ1v) is 11.1. The van der Waals surface area contributed by atoms with Crippen molar-refractivity contribution in [3.63, 3.8) is 0 Å². The minimum Gasteiger partial charge on any atom is -0.495 e. The summed E-state index contributed by atoms with van der Waals surface area (Å²) in [6.07, 6.45) is 1.66. The molecule has 1 heterocycles. The van der Waals surface area contributed by atoms with E-state index in [0.717, 1.165) is 5.39 Å². The van der Waals surface area contributed by atoms with Crippen molar-refractivity contribution >= 4 is 39.9 Å². The summed E-state index contributed by atoms with van der Waals surface area (Å²) in [6, 6.07) is 15.0. The van der Waals surface area contributed by atoms with Crippen LogP contribution in [0.25, 0.3) is 10.9 Å². The number of pyridine rings is 1. The predicted octanol–water partition coefficient (Wildman–Crippen LogP) is 6.36. The van der Waals surface area contributed by atoms with Crippen LogP contribution in [0.4, 0.5) is 16.2 Å². The Hall–Kier alpha value is -4.37. The zero-order chi connectivity index (χ0) is 25.7. The molecule has 1 aromatic heterocycles. The Kier molecular flexibility index (Phi) is 7.50. The molecule has 0 atom stereocenters. The number of rotatable bonds is 8. The topological polar surface area (TPSA) is 100 Å². The summed E-state index contributed by atoms with van der Waals surface area (Å²) in [4.78, 5) is 16.9. The molecule has 2 amide bonds. The van der Waals surface area contributed by atoms with Gasteiger partial charge in [-0.25, -0.2) is 4.79 Å². The lowest BCUT2D eigenvalue weighted by Gasteiger charge is -2.14. The van der Waals surface area contributed by atoms with Crippen molar-refractivity contribution in [2.45, 2.75) is 0 Å². The minimum absolute atomic E-state index is 0.342. The summed E-state index contributed by atoms with van der Waals surface area (Å²) < 4.78 is 27.3. The Morgan fingerprint density at radius 1 is 0.750 bits per heavy atom. The molecule has 2 N–H and O–H groups in total. The van der Waals surface area contributed by atoms with Gasteiger partial charge < -0.3 is 34.3 Å². The van der Waals surface area contributed by atoms with Gasteiger partial charge in [-0.15, -0.1) is 0 Å². The van der Waals surface area contributed by atoms with Crippen LogP contribution >= 0.6 is 11.6 Å². The van der Waals surface area contributed by atoms with Gasteiger partial charge in [0.2, 0.25) is 0 Å². The van der Waals surface area contributed by atoms with Gasteiger partial charge in [0.25, 0.3) is 0 Å². The standard InChI is InChI=1S/C26H24ClN3O6/c1-32-22-14-23(33-2)20(12-18(22)27)30-26(31)29-15-5-7-16(8-6-15)36-21-9-10-28-19-13-25(35-4)24(34-3)11-17(19)21/h5-14H,1-4H3,(H2,29,30,31). The summed E-state index contributed by atoms with van der Waals surface area (Å²) in [5.41, 5.74) is 1.66. The van der Waals surface area contributed by atoms with Gasteiger partial charge in [0.15, 0.2) is 11.5 Å². The molecular formula is C26H24ClN3O6. The van der Waals surface area contributed by atoms with Crippen LogP contribution in [0.3, 0.4) is 0 Å². The van der Waals surface area contributed by atoms with Crippen LogP contribution < -0.4 is 34.3 Å². The third kappa shape index (κ3) is 5.31. The summed E-state index contributed by atoms with van der Waals surface area (Å²) in [6.45, 7) is 0. The van der Waals surface area contributed by atoms with Gasteiger partial charge in [-0.2, -0.15) is 0 Å². The summed E-state index contributed by atoms with van der Waals surface area (Å²) in [7, 11) is 6.13. The third-order valence-corrected chi connectivity index (χ3v) is 5.56. The average Bonchev–Trinajstić information content (AvgIpc) is 2.89. The van der Waals surface area contributed by atoms with Gasteiger partial charge in [-0.1, -0.05) is 11.6 Å². The number of hydrogen-bond acceptors (Lipinski definition) is 7. The summed E-state index contributed by atoms with van der Waals surface area (Å²) >= 11 is 6.17. The smallest absolute Gasteiger partial charge is 0.323 e. The molecule has 10 heteroatoms. The summed E-state index contributed by atoms with van der Waals surface area (Å²) in [5, 5.41) is 6.59. The first-order chi connectivity index (χ1) is 17.4. The molecule has 3 aromatic carbocycles. The van der Waals surface area contributed by atoms with Crippen molar-refractivity contribution in [2.24, 2.45) is 0 Å². The largest absolute Gasteiger partial charge is 0.495 e. The van der Waals surface area contributed by atoms with Crippen LogP contribution in [-0.2, 0) is 0 Å². The zero-order valence-electron chi connectivity index (χ0n) is 20.0. The first kappa shape index (κ1) is 24.7. The number of aromatic nitrogens is 1. The number of carbonyl (C=O) groups excluding carboxylic acids is 1. The number of benzene rings is 3. The van der Waals surface area contributed by atoms with E-state index in [1.54, 1.807) is 68.9 Å². The number of hydrogen-bond donors (Lipinski definition) is 2. The molecule has 0 radical (unpaired) electrons. The van der Waals surface area contributed by atoms with Gasteiger partial charge in [0.05, 0.1) is 44.7 Å². The first-order valence-electron chi connectivity index (χ1n) is 10.7. The second-order valence-electron chi connectivity index (χ2n) is 7.43. The lowest BCUT2D eigenvalue weighted by Crippen LogP contribution is -2.19. The molecule has 0 unspecified atom stereocenters. The molecule has 0 bridgehead atoms. The highest BCUT2D eigenvalue weighted by Crippen LogP contribution is 2.38. The predicted molar refractivity (Wildman–Crippen MR) is 139 cm³/mol. The van der Waals surface area contributed by atoms with Gasteiger partial charge in [-0.3, -0.25) is 4.98 Å². The Balaban J connectivity index is 1.47. The van der Waals surface area contributed by atoms with E-state index in [0.29, 0.717) is 56.4 Å². The second-order valence-corrected chi connectivity index (χ2v) is 7.83. The Morgan fingerprint density at radius 3 is 2.08 bits per heavy atom. The van der Waals surface area contributed by atoms with Crippen molar-refractivity contribution in [1.29, 1.82) is 0 Å². The average molecular weight is 510 g/mol. The van der Waals surface area contributed by atoms with Gasteiger partial charge in [-0.05, 0) is 42.5 Å². The maximum atomic E-state index is 12.5. The van der Waals surface area contributed by atoms with Crippen LogP contribution in [0.1, 0.15) is 0 Å². The molecular weight excluding hydrogens is 486 g/mol. The monoisotopic (exact) mass is 509 g/mol. The molecule has 4 aromatic rings. The fourth-order valence-corrected chi connectivity index (χ4v) is 3.75. The minimum atomic E-state index is -0.468. The molecule has 0 aliphatic rings. The maximum absolute atomic E-state index is 12.5. The van der Waals surface area contributed by atoms with Crippen LogP contribution in [0.15, 0.2) is 60.8 Å². The number of ether oxygens (including phenoxy) is 5. The molecule has 0 saturated heterocycles. The van der Waals surface area contributed by atoms with Crippen LogP contribution in [-0.4, -0.2) is 39.5 Å². The normalized spacial score (nSPS) is 10.5. The van der Waals surface area contributed by atoms with Crippen molar-refractivity contribution in [1.82, 2.24) is 4.98 Å². The van der Waals surface area contributed by atoms with Gasteiger partial charge >= 0.3 is 6.03 Å². The molecule has 0 spiro atoms. The number of nitrogens with one attached hydrogen (secondary N) is 2. The van der Waals surface area contributed by atoms with E-state index < -0.39 is 6.03 Å². The van der Waals surface area contributed by atoms with Gasteiger partial charge in [0.1, 0.15) is 23.0 Å². The van der Waals surface area contributed by atoms with Crippen LogP contribution in [0.2, 0.25) is 5.02 Å². The van der Waals surface area contributed by atoms with E-state index >= 15 is 0 Å². The van der Waals surface area contributed by atoms with Crippen LogP contribution in [0, 0.1) is 0 Å². The number of nitrogens with zero attached hydrogens (tertiary/aromatic N) is 1. The van der Waals surface area contributed by atoms with Crippen LogP contribution in [0.5, 0.6) is 34.5 Å². The van der Waals surface area contributed by atoms with E-state index in [1.165, 1.54) is 14.2 Å². The summed E-state index contributed by atoms with van der Waals surface area (Å²) in [5.74, 6) is 3.18. The van der Waals surface area contributed by atoms with Crippen molar-refractivity contribution in [2.75, 3.05) is 39.1 Å². The molecule has 0 aliphatic heterocycles.